The Hall–Kier alpha value is -4.87. The summed E-state index contributed by atoms with van der Waals surface area (Å²) in [5, 5.41) is 10.7. The summed E-state index contributed by atoms with van der Waals surface area (Å²) >= 11 is 6.31. The molecule has 0 aromatic heterocycles. The van der Waals surface area contributed by atoms with Crippen molar-refractivity contribution in [3.63, 3.8) is 0 Å². The minimum atomic E-state index is -2.84. The normalized spacial score (nSPS) is 18.3. The minimum absolute atomic E-state index is 0.0683. The van der Waals surface area contributed by atoms with E-state index in [1.54, 1.807) is 30.3 Å². The van der Waals surface area contributed by atoms with E-state index in [-0.39, 0.29) is 17.9 Å². The molecule has 0 aliphatic carbocycles. The number of hydrogen-bond acceptors (Lipinski definition) is 7. The topological polar surface area (TPSA) is 135 Å². The fraction of sp³-hybridized carbons (Fsp3) is 0.235. The van der Waals surface area contributed by atoms with Crippen LogP contribution in [0.25, 0.3) is 16.7 Å². The quantitative estimate of drug-likeness (QED) is 0.142. The zero-order valence-corrected chi connectivity index (χ0v) is 25.9. The van der Waals surface area contributed by atoms with E-state index in [9.17, 15) is 18.4 Å². The lowest BCUT2D eigenvalue weighted by atomic mass is 9.83. The van der Waals surface area contributed by atoms with Crippen LogP contribution in [0.2, 0.25) is 5.02 Å². The summed E-state index contributed by atoms with van der Waals surface area (Å²) in [6, 6.07) is 18.5. The number of alkyl halides is 2. The summed E-state index contributed by atoms with van der Waals surface area (Å²) < 4.78 is 30.8. The molecule has 46 heavy (non-hydrogen) atoms. The third kappa shape index (κ3) is 7.67. The molecule has 0 saturated heterocycles. The number of fused-ring (bicyclic) bond motifs is 4. The number of carbonyl (C=O) groups is 2. The van der Waals surface area contributed by atoms with Gasteiger partial charge in [0.2, 0.25) is 5.91 Å². The molecule has 2 unspecified atom stereocenters. The van der Waals surface area contributed by atoms with Crippen LogP contribution in [-0.4, -0.2) is 31.6 Å². The van der Waals surface area contributed by atoms with Gasteiger partial charge in [-0.2, -0.15) is 0 Å². The van der Waals surface area contributed by atoms with E-state index in [1.165, 1.54) is 7.11 Å². The lowest BCUT2D eigenvalue weighted by Gasteiger charge is -2.30. The van der Waals surface area contributed by atoms with Crippen LogP contribution in [0, 0.1) is 0 Å². The van der Waals surface area contributed by atoms with Crippen LogP contribution in [0.1, 0.15) is 42.7 Å². The van der Waals surface area contributed by atoms with E-state index >= 15 is 0 Å². The molecule has 5 rings (SSSR count). The highest BCUT2D eigenvalue weighted by molar-refractivity contribution is 6.31. The maximum atomic E-state index is 13.1. The van der Waals surface area contributed by atoms with Crippen LogP contribution >= 0.6 is 11.6 Å². The van der Waals surface area contributed by atoms with Crippen LogP contribution < -0.4 is 32.5 Å². The number of carbonyl (C=O) groups excluding carboxylic acids is 2. The number of nitrogens with one attached hydrogen (secondary N) is 3. The van der Waals surface area contributed by atoms with Gasteiger partial charge >= 0.3 is 6.09 Å². The Balaban J connectivity index is 1.44. The number of benzene rings is 3. The maximum Gasteiger partial charge on any atom is 0.411 e. The van der Waals surface area contributed by atoms with Gasteiger partial charge in [-0.15, -0.1) is 0 Å². The number of ether oxygens (including phenoxy) is 1. The molecule has 7 N–H and O–H groups in total. The van der Waals surface area contributed by atoms with Gasteiger partial charge in [-0.1, -0.05) is 60.5 Å². The highest BCUT2D eigenvalue weighted by Gasteiger charge is 2.25. The van der Waals surface area contributed by atoms with Crippen molar-refractivity contribution in [3.05, 3.63) is 107 Å². The molecule has 2 heterocycles. The first-order chi connectivity index (χ1) is 22.1. The number of dihydropyridines is 1. The van der Waals surface area contributed by atoms with Crippen LogP contribution in [0.4, 0.5) is 30.6 Å². The van der Waals surface area contributed by atoms with Gasteiger partial charge in [0, 0.05) is 46.6 Å². The summed E-state index contributed by atoms with van der Waals surface area (Å²) in [7, 11) is 1.29. The van der Waals surface area contributed by atoms with Gasteiger partial charge < -0.3 is 21.1 Å². The Labute approximate surface area is 270 Å². The first-order valence-electron chi connectivity index (χ1n) is 14.8. The summed E-state index contributed by atoms with van der Waals surface area (Å²) in [5.74, 6) is 6.07. The zero-order valence-electron chi connectivity index (χ0n) is 25.1. The molecule has 3 aromatic carbocycles. The fourth-order valence-corrected chi connectivity index (χ4v) is 5.84. The summed E-state index contributed by atoms with van der Waals surface area (Å²) in [6.45, 7) is 0. The molecule has 0 saturated carbocycles. The molecule has 0 radical (unpaired) electrons. The van der Waals surface area contributed by atoms with Crippen LogP contribution in [0.3, 0.4) is 0 Å². The summed E-state index contributed by atoms with van der Waals surface area (Å²) in [6.07, 6.45) is 6.14. The average Bonchev–Trinajstić information content (AvgIpc) is 3.04. The second-order valence-electron chi connectivity index (χ2n) is 11.1. The Bertz CT molecular complexity index is 1710. The third-order valence-corrected chi connectivity index (χ3v) is 8.19. The smallest absolute Gasteiger partial charge is 0.411 e. The monoisotopic (exact) mass is 648 g/mol. The van der Waals surface area contributed by atoms with Gasteiger partial charge in [0.05, 0.1) is 30.2 Å². The highest BCUT2D eigenvalue weighted by Crippen LogP contribution is 2.37. The molecule has 9 nitrogen and oxygen atoms in total. The number of anilines is 3. The standard InChI is InChI=1S/C34H35ClF2N6O3/c1-46-34(45)41-24-11-12-26-21-6-4-5-20(15-21)25(7-2-3-8-32(44)42-30(26)17-24)29-13-9-22(18-40-29)27-16-23(35)10-14-31(27)43(39)19-28(38)33(36)37/h4-6,9-19,25,29,33,40H,2-3,7-8,38-39H2,1H3,(H,41,45)(H,42,44)/b28-19-. The van der Waals surface area contributed by atoms with E-state index in [2.05, 4.69) is 34.2 Å². The number of hydrazine groups is 1. The first kappa shape index (κ1) is 32.5. The lowest BCUT2D eigenvalue weighted by molar-refractivity contribution is -0.116. The van der Waals surface area contributed by atoms with Crippen molar-refractivity contribution >= 4 is 46.2 Å². The number of amides is 2. The Morgan fingerprint density at radius 3 is 2.70 bits per heavy atom. The number of hydrogen-bond donors (Lipinski definition) is 5. The summed E-state index contributed by atoms with van der Waals surface area (Å²) in [5.41, 5.74) is 10.6. The molecule has 3 aromatic rings. The van der Waals surface area contributed by atoms with E-state index in [0.717, 1.165) is 46.3 Å². The molecule has 0 spiro atoms. The van der Waals surface area contributed by atoms with Gasteiger partial charge in [-0.25, -0.2) is 19.4 Å². The van der Waals surface area contributed by atoms with Crippen molar-refractivity contribution in [2.45, 2.75) is 44.1 Å². The van der Waals surface area contributed by atoms with Gasteiger partial charge in [-0.05, 0) is 59.9 Å². The van der Waals surface area contributed by atoms with Gasteiger partial charge in [0.25, 0.3) is 6.43 Å². The molecule has 2 aliphatic heterocycles. The highest BCUT2D eigenvalue weighted by atomic mass is 35.5. The molecule has 2 amide bonds. The van der Waals surface area contributed by atoms with Crippen molar-refractivity contribution in [2.24, 2.45) is 11.6 Å². The van der Waals surface area contributed by atoms with Gasteiger partial charge in [-0.3, -0.25) is 15.1 Å². The first-order valence-corrected chi connectivity index (χ1v) is 15.1. The second-order valence-corrected chi connectivity index (χ2v) is 11.5. The molecule has 12 heteroatoms. The molecule has 0 fully saturated rings. The van der Waals surface area contributed by atoms with Gasteiger partial charge in [0.15, 0.2) is 0 Å². The van der Waals surface area contributed by atoms with E-state index in [1.807, 2.05) is 30.5 Å². The number of rotatable bonds is 6. The largest absolute Gasteiger partial charge is 0.453 e. The minimum Gasteiger partial charge on any atom is -0.453 e. The number of nitrogens with zero attached hydrogens (tertiary/aromatic N) is 1. The second kappa shape index (κ2) is 14.5. The van der Waals surface area contributed by atoms with E-state index in [0.29, 0.717) is 40.5 Å². The number of allylic oxidation sites excluding steroid dienone is 3. The predicted molar refractivity (Wildman–Crippen MR) is 178 cm³/mol. The van der Waals surface area contributed by atoms with Crippen LogP contribution in [0.5, 0.6) is 0 Å². The molecular formula is C34H35ClF2N6O3. The van der Waals surface area contributed by atoms with E-state index in [4.69, 9.17) is 27.9 Å². The lowest BCUT2D eigenvalue weighted by Crippen LogP contribution is -2.32. The molecular weight excluding hydrogens is 614 g/mol. The van der Waals surface area contributed by atoms with Crippen molar-refractivity contribution < 1.29 is 23.1 Å². The number of nitrogens with two attached hydrogens (primary N) is 2. The van der Waals surface area contributed by atoms with Crippen LogP contribution in [-0.2, 0) is 9.53 Å². The number of halogens is 3. The summed E-state index contributed by atoms with van der Waals surface area (Å²) in [4.78, 5) is 24.7. The Kier molecular flexibility index (Phi) is 10.2. The molecule has 2 atom stereocenters. The Morgan fingerprint density at radius 1 is 1.13 bits per heavy atom. The molecule has 240 valence electrons. The van der Waals surface area contributed by atoms with Crippen LogP contribution in [0.15, 0.2) is 90.9 Å². The Morgan fingerprint density at radius 2 is 1.96 bits per heavy atom. The SMILES string of the molecule is COC(=O)Nc1ccc2c(c1)NC(=O)CCCCC(C1C=CC(c3cc(Cl)ccc3N(N)/C=C(\N)C(F)F)=CN1)c1cccc-2c1. The van der Waals surface area contributed by atoms with Crippen molar-refractivity contribution in [3.8, 4) is 11.1 Å². The predicted octanol–water partition coefficient (Wildman–Crippen LogP) is 7.10. The average molecular weight is 649 g/mol. The van der Waals surface area contributed by atoms with Crippen molar-refractivity contribution in [2.75, 3.05) is 22.8 Å². The van der Waals surface area contributed by atoms with Gasteiger partial charge in [0.1, 0.15) is 0 Å². The van der Waals surface area contributed by atoms with Crippen molar-refractivity contribution in [1.82, 2.24) is 5.32 Å². The molecule has 2 bridgehead atoms. The zero-order chi connectivity index (χ0) is 32.8. The number of methoxy groups -OCH3 is 1. The maximum absolute atomic E-state index is 13.1. The van der Waals surface area contributed by atoms with Crippen molar-refractivity contribution in [1.29, 1.82) is 0 Å². The third-order valence-electron chi connectivity index (χ3n) is 7.96. The fourth-order valence-electron chi connectivity index (χ4n) is 5.66. The molecule has 2 aliphatic rings. The van der Waals surface area contributed by atoms with E-state index < -0.39 is 18.2 Å².